The highest BCUT2D eigenvalue weighted by atomic mass is 35.5. The van der Waals surface area contributed by atoms with Crippen molar-refractivity contribution in [1.29, 1.82) is 0 Å². The van der Waals surface area contributed by atoms with Gasteiger partial charge in [-0.05, 0) is 69.9 Å². The van der Waals surface area contributed by atoms with E-state index in [-0.39, 0.29) is 72.2 Å². The zero-order chi connectivity index (χ0) is 87.1. The third-order valence-corrected chi connectivity index (χ3v) is 17.6. The molecule has 0 heterocycles. The fourth-order valence-corrected chi connectivity index (χ4v) is 11.4. The smallest absolute Gasteiger partial charge is 0.329 e. The molecule has 1 atom stereocenters. The SMILES string of the molecule is CC(C)(C)OC(=O)[C@H](Cc1ccc(NC(=O)c2c(Cl)cccc2Cl)cc1)NC(=O)C1(CCNC(=O)CCOCCOCCOCCOCCOCCOCCOCCOCCOCCOCCOCCOCCOCCOCCOCCOCCOCCOCCOCCOCCOCCOCCOCCOCCNC(=O)CCC(=O)O)CCCC1. The monoisotopic (exact) mass is 1770 g/mol. The molecule has 121 heavy (non-hydrogen) atoms. The van der Waals surface area contributed by atoms with E-state index < -0.39 is 34.9 Å². The lowest BCUT2D eigenvalue weighted by molar-refractivity contribution is -0.159. The van der Waals surface area contributed by atoms with Crippen LogP contribution >= 0.6 is 23.2 Å². The number of anilines is 1. The Balaban J connectivity index is 0.924. The summed E-state index contributed by atoms with van der Waals surface area (Å²) >= 11 is 12.5. The fraction of sp³-hybridized carbons (Fsp3) is 0.783. The average Bonchev–Trinajstić information content (AvgIpc) is 1.79. The lowest BCUT2D eigenvalue weighted by Gasteiger charge is -2.31. The predicted molar refractivity (Wildman–Crippen MR) is 445 cm³/mol. The first-order chi connectivity index (χ1) is 59.1. The molecule has 4 amide bonds. The fourth-order valence-electron chi connectivity index (χ4n) is 10.8. The first-order valence-corrected chi connectivity index (χ1v) is 42.8. The maximum atomic E-state index is 14.1. The zero-order valence-electron chi connectivity index (χ0n) is 71.7. The minimum Gasteiger partial charge on any atom is -0.481 e. The summed E-state index contributed by atoms with van der Waals surface area (Å²) in [6, 6.07) is 10.8. The highest BCUT2D eigenvalue weighted by Gasteiger charge is 2.43. The summed E-state index contributed by atoms with van der Waals surface area (Å²) < 4.78 is 138. The molecular formula is C83H140Cl2N4O32. The Morgan fingerprint density at radius 3 is 0.926 bits per heavy atom. The van der Waals surface area contributed by atoms with Crippen LogP contribution in [-0.2, 0) is 149 Å². The maximum absolute atomic E-state index is 14.1. The molecule has 0 radical (unpaired) electrons. The van der Waals surface area contributed by atoms with E-state index in [4.69, 9.17) is 147 Å². The molecule has 0 aromatic heterocycles. The van der Waals surface area contributed by atoms with Gasteiger partial charge in [-0.2, -0.15) is 0 Å². The molecule has 2 aromatic carbocycles. The van der Waals surface area contributed by atoms with Crippen molar-refractivity contribution >= 4 is 64.5 Å². The molecule has 698 valence electrons. The largest absolute Gasteiger partial charge is 0.481 e. The molecule has 3 rings (SSSR count). The summed E-state index contributed by atoms with van der Waals surface area (Å²) in [6.07, 6.45) is 3.42. The number of esters is 1. The van der Waals surface area contributed by atoms with Crippen molar-refractivity contribution in [3.05, 3.63) is 63.6 Å². The molecular weight excluding hydrogens is 1640 g/mol. The van der Waals surface area contributed by atoms with Gasteiger partial charge in [0.15, 0.2) is 0 Å². The molecule has 1 fully saturated rings. The van der Waals surface area contributed by atoms with Gasteiger partial charge in [-0.1, -0.05) is 54.2 Å². The van der Waals surface area contributed by atoms with E-state index in [0.29, 0.717) is 342 Å². The Labute approximate surface area is 724 Å². The van der Waals surface area contributed by atoms with Crippen molar-refractivity contribution in [3.8, 4) is 0 Å². The number of ether oxygens (including phenoxy) is 25. The Morgan fingerprint density at radius 1 is 0.364 bits per heavy atom. The Morgan fingerprint density at radius 2 is 0.636 bits per heavy atom. The summed E-state index contributed by atoms with van der Waals surface area (Å²) in [5.74, 6) is -2.79. The number of carboxylic acid groups (broad SMARTS) is 1. The van der Waals surface area contributed by atoms with Gasteiger partial charge < -0.3 is 145 Å². The van der Waals surface area contributed by atoms with Crippen molar-refractivity contribution in [3.63, 3.8) is 0 Å². The van der Waals surface area contributed by atoms with Crippen LogP contribution in [-0.4, -0.2) is 383 Å². The second kappa shape index (κ2) is 78.4. The second-order valence-electron chi connectivity index (χ2n) is 27.8. The topological polar surface area (TPSA) is 402 Å². The highest BCUT2D eigenvalue weighted by Crippen LogP contribution is 2.41. The van der Waals surface area contributed by atoms with E-state index in [1.807, 2.05) is 0 Å². The lowest BCUT2D eigenvalue weighted by Crippen LogP contribution is -2.51. The van der Waals surface area contributed by atoms with E-state index >= 15 is 0 Å². The number of halogens is 2. The van der Waals surface area contributed by atoms with Crippen LogP contribution in [0.3, 0.4) is 0 Å². The van der Waals surface area contributed by atoms with E-state index in [1.165, 1.54) is 0 Å². The number of carbonyl (C=O) groups excluding carboxylic acids is 5. The molecule has 1 aliphatic carbocycles. The number of rotatable bonds is 88. The maximum Gasteiger partial charge on any atom is 0.329 e. The molecule has 36 nitrogen and oxygen atoms in total. The molecule has 1 saturated carbocycles. The molecule has 0 aliphatic heterocycles. The third kappa shape index (κ3) is 66.0. The molecule has 0 saturated heterocycles. The molecule has 1 aliphatic rings. The Bertz CT molecular complexity index is 2820. The second-order valence-corrected chi connectivity index (χ2v) is 28.6. The first kappa shape index (κ1) is 110. The highest BCUT2D eigenvalue weighted by molar-refractivity contribution is 6.40. The molecule has 0 spiro atoms. The van der Waals surface area contributed by atoms with Gasteiger partial charge in [0.2, 0.25) is 17.7 Å². The zero-order valence-corrected chi connectivity index (χ0v) is 73.2. The third-order valence-electron chi connectivity index (χ3n) is 17.0. The van der Waals surface area contributed by atoms with Crippen molar-refractivity contribution in [2.24, 2.45) is 5.41 Å². The van der Waals surface area contributed by atoms with E-state index in [9.17, 15) is 28.8 Å². The number of nitrogens with one attached hydrogen (secondary N) is 4. The van der Waals surface area contributed by atoms with Gasteiger partial charge in [0.25, 0.3) is 5.91 Å². The lowest BCUT2D eigenvalue weighted by atomic mass is 9.81. The molecule has 2 aromatic rings. The number of hydrogen-bond donors (Lipinski definition) is 5. The van der Waals surface area contributed by atoms with Crippen LogP contribution in [0.1, 0.15) is 88.1 Å². The van der Waals surface area contributed by atoms with Crippen LogP contribution in [0.4, 0.5) is 5.69 Å². The van der Waals surface area contributed by atoms with Crippen LogP contribution in [0, 0.1) is 5.41 Å². The van der Waals surface area contributed by atoms with Gasteiger partial charge in [0.1, 0.15) is 11.6 Å². The Hall–Kier alpha value is -5.12. The van der Waals surface area contributed by atoms with Gasteiger partial charge in [-0.3, -0.25) is 24.0 Å². The number of aliphatic carboxylic acids is 1. The quantitative estimate of drug-likeness (QED) is 0.0406. The Kier molecular flexibility index (Phi) is 71.3. The number of amides is 4. The average molecular weight is 1780 g/mol. The minimum absolute atomic E-state index is 0.0470. The number of carbonyl (C=O) groups is 6. The van der Waals surface area contributed by atoms with E-state index in [1.54, 1.807) is 63.2 Å². The van der Waals surface area contributed by atoms with Crippen molar-refractivity contribution < 1.29 is 152 Å². The summed E-state index contributed by atoms with van der Waals surface area (Å²) in [5, 5.41) is 20.3. The van der Waals surface area contributed by atoms with Gasteiger partial charge in [0.05, 0.1) is 345 Å². The number of benzene rings is 2. The van der Waals surface area contributed by atoms with E-state index in [2.05, 4.69) is 21.3 Å². The van der Waals surface area contributed by atoms with Crippen molar-refractivity contribution in [2.75, 3.05) is 336 Å². The van der Waals surface area contributed by atoms with Gasteiger partial charge in [-0.25, -0.2) is 4.79 Å². The van der Waals surface area contributed by atoms with Crippen molar-refractivity contribution in [1.82, 2.24) is 16.0 Å². The van der Waals surface area contributed by atoms with Crippen molar-refractivity contribution in [2.45, 2.75) is 90.2 Å². The normalized spacial score (nSPS) is 12.9. The van der Waals surface area contributed by atoms with Crippen LogP contribution in [0.5, 0.6) is 0 Å². The standard InChI is InChI=1S/C83H140Cl2N4O32/c1-82(2,3)121-80(95)74(69-70-9-11-71(12-10-70)88-79(94)78-72(84)7-6-8-73(78)85)89-81(96)83(16-4-5-17-83)18-19-86-76(91)15-21-97-23-25-99-27-29-101-31-33-103-35-37-105-39-41-107-43-45-109-47-49-111-51-53-113-55-57-115-59-61-117-63-65-119-67-68-120-66-64-118-62-60-116-58-56-114-54-52-112-50-48-110-46-44-108-42-40-106-38-36-104-34-32-102-30-28-100-26-24-98-22-20-87-75(90)13-14-77(92)93/h6-12,74H,4-5,13-69H2,1-3H3,(H,86,91)(H,87,90)(H,88,94)(H,89,96)(H,92,93)/t74-/m0/s1. The number of carboxylic acids is 1. The summed E-state index contributed by atoms with van der Waals surface area (Å²) in [6.45, 7) is 26.8. The van der Waals surface area contributed by atoms with Crippen LogP contribution in [0.25, 0.3) is 0 Å². The molecule has 5 N–H and O–H groups in total. The van der Waals surface area contributed by atoms with E-state index in [0.717, 1.165) is 18.4 Å². The summed E-state index contributed by atoms with van der Waals surface area (Å²) in [4.78, 5) is 75.2. The van der Waals surface area contributed by atoms with Crippen LogP contribution in [0.15, 0.2) is 42.5 Å². The number of hydrogen-bond acceptors (Lipinski definition) is 31. The minimum atomic E-state index is -1.00. The van der Waals surface area contributed by atoms with Gasteiger partial charge >= 0.3 is 11.9 Å². The first-order valence-electron chi connectivity index (χ1n) is 42.1. The van der Waals surface area contributed by atoms with Crippen LogP contribution < -0.4 is 21.3 Å². The van der Waals surface area contributed by atoms with Crippen LogP contribution in [0.2, 0.25) is 10.0 Å². The summed E-state index contributed by atoms with van der Waals surface area (Å²) in [5.41, 5.74) is -0.168. The van der Waals surface area contributed by atoms with Gasteiger partial charge in [-0.15, -0.1) is 0 Å². The molecule has 0 bridgehead atoms. The van der Waals surface area contributed by atoms with Gasteiger partial charge in [0, 0.05) is 38.0 Å². The summed E-state index contributed by atoms with van der Waals surface area (Å²) in [7, 11) is 0. The molecule has 38 heteroatoms. The molecule has 0 unspecified atom stereocenters. The predicted octanol–water partition coefficient (Wildman–Crippen LogP) is 5.45.